The molecule has 1 aromatic carbocycles. The fraction of sp³-hybridized carbons (Fsp3) is 0.400. The number of aliphatic carboxylic acids is 1. The van der Waals surface area contributed by atoms with E-state index in [2.05, 4.69) is 17.0 Å². The summed E-state index contributed by atoms with van der Waals surface area (Å²) in [4.78, 5) is 12.7. The van der Waals surface area contributed by atoms with E-state index in [1.54, 1.807) is 6.08 Å². The molecule has 3 heteroatoms. The van der Waals surface area contributed by atoms with Gasteiger partial charge in [-0.2, -0.15) is 0 Å². The van der Waals surface area contributed by atoms with Crippen molar-refractivity contribution < 1.29 is 9.90 Å². The molecule has 0 amide bonds. The lowest BCUT2D eigenvalue weighted by atomic mass is 10.1. The van der Waals surface area contributed by atoms with Crippen molar-refractivity contribution in [2.24, 2.45) is 0 Å². The molecule has 0 N–H and O–H groups in total. The zero-order chi connectivity index (χ0) is 12.8. The van der Waals surface area contributed by atoms with Crippen LogP contribution in [0.4, 0.5) is 5.69 Å². The predicted octanol–water partition coefficient (Wildman–Crippen LogP) is 1.83. The number of carboxylic acids is 1. The summed E-state index contributed by atoms with van der Waals surface area (Å²) in [5, 5.41) is 10.3. The molecular formula is C15H18NO2-. The Kier molecular flexibility index (Phi) is 4.40. The third-order valence-corrected chi connectivity index (χ3v) is 3.28. The first-order valence-corrected chi connectivity index (χ1v) is 6.50. The Labute approximate surface area is 108 Å². The van der Waals surface area contributed by atoms with E-state index in [4.69, 9.17) is 0 Å². The first kappa shape index (κ1) is 12.7. The lowest BCUT2D eigenvalue weighted by Gasteiger charge is -2.22. The number of anilines is 1. The van der Waals surface area contributed by atoms with Gasteiger partial charge in [-0.3, -0.25) is 0 Å². The SMILES string of the molecule is O=C([O-])/C=C/c1ccc(N2CCCCCC2)cc1. The van der Waals surface area contributed by atoms with Crippen molar-refractivity contribution in [3.8, 4) is 0 Å². The van der Waals surface area contributed by atoms with Gasteiger partial charge >= 0.3 is 0 Å². The van der Waals surface area contributed by atoms with E-state index in [9.17, 15) is 9.90 Å². The Morgan fingerprint density at radius 2 is 1.67 bits per heavy atom. The Morgan fingerprint density at radius 3 is 2.22 bits per heavy atom. The van der Waals surface area contributed by atoms with Crippen LogP contribution in [0.25, 0.3) is 6.08 Å². The van der Waals surface area contributed by atoms with Crippen molar-refractivity contribution in [2.45, 2.75) is 25.7 Å². The second kappa shape index (κ2) is 6.24. The van der Waals surface area contributed by atoms with Crippen LogP contribution in [0.1, 0.15) is 31.2 Å². The van der Waals surface area contributed by atoms with E-state index in [0.717, 1.165) is 24.7 Å². The van der Waals surface area contributed by atoms with Gasteiger partial charge in [-0.05, 0) is 36.6 Å². The molecule has 3 nitrogen and oxygen atoms in total. The smallest absolute Gasteiger partial charge is 0.0643 e. The Balaban J connectivity index is 2.04. The largest absolute Gasteiger partial charge is 0.545 e. The van der Waals surface area contributed by atoms with E-state index in [0.29, 0.717) is 0 Å². The third kappa shape index (κ3) is 3.62. The lowest BCUT2D eigenvalue weighted by molar-refractivity contribution is -0.297. The van der Waals surface area contributed by atoms with E-state index in [1.165, 1.54) is 31.4 Å². The number of nitrogens with zero attached hydrogens (tertiary/aromatic N) is 1. The Hall–Kier alpha value is -1.77. The van der Waals surface area contributed by atoms with Crippen LogP contribution in [0, 0.1) is 0 Å². The molecule has 0 unspecified atom stereocenters. The number of rotatable bonds is 3. The van der Waals surface area contributed by atoms with Gasteiger partial charge in [0.2, 0.25) is 0 Å². The highest BCUT2D eigenvalue weighted by molar-refractivity contribution is 5.83. The molecule has 1 heterocycles. The summed E-state index contributed by atoms with van der Waals surface area (Å²) in [6.45, 7) is 2.24. The summed E-state index contributed by atoms with van der Waals surface area (Å²) in [6.07, 6.45) is 7.77. The molecule has 1 aliphatic heterocycles. The number of carboxylic acid groups (broad SMARTS) is 1. The molecule has 0 saturated carbocycles. The highest BCUT2D eigenvalue weighted by atomic mass is 16.4. The predicted molar refractivity (Wildman–Crippen MR) is 71.2 cm³/mol. The van der Waals surface area contributed by atoms with E-state index in [1.807, 2.05) is 12.1 Å². The standard InChI is InChI=1S/C15H19NO2/c17-15(18)10-7-13-5-8-14(9-6-13)16-11-3-1-2-4-12-16/h5-10H,1-4,11-12H2,(H,17,18)/p-1/b10-7+. The van der Waals surface area contributed by atoms with E-state index in [-0.39, 0.29) is 0 Å². The van der Waals surface area contributed by atoms with Gasteiger partial charge < -0.3 is 14.8 Å². The fourth-order valence-corrected chi connectivity index (χ4v) is 2.29. The Bertz CT molecular complexity index is 415. The van der Waals surface area contributed by atoms with Crippen molar-refractivity contribution in [2.75, 3.05) is 18.0 Å². The fourth-order valence-electron chi connectivity index (χ4n) is 2.29. The molecule has 0 bridgehead atoms. The molecule has 0 radical (unpaired) electrons. The average molecular weight is 244 g/mol. The number of carbonyl (C=O) groups is 1. The van der Waals surface area contributed by atoms with Gasteiger partial charge in [0, 0.05) is 18.8 Å². The molecule has 0 atom stereocenters. The van der Waals surface area contributed by atoms with Gasteiger partial charge in [0.05, 0.1) is 5.97 Å². The molecule has 0 spiro atoms. The Morgan fingerprint density at radius 1 is 1.06 bits per heavy atom. The van der Waals surface area contributed by atoms with Crippen molar-refractivity contribution in [1.29, 1.82) is 0 Å². The minimum absolute atomic E-state index is 0.887. The summed E-state index contributed by atoms with van der Waals surface area (Å²) in [5.41, 5.74) is 2.11. The van der Waals surface area contributed by atoms with Crippen LogP contribution in [-0.4, -0.2) is 19.1 Å². The average Bonchev–Trinajstić information content (AvgIpc) is 2.66. The molecule has 1 aromatic rings. The minimum atomic E-state index is -1.16. The highest BCUT2D eigenvalue weighted by Gasteiger charge is 2.08. The normalized spacial score (nSPS) is 16.8. The van der Waals surface area contributed by atoms with Gasteiger partial charge in [0.25, 0.3) is 0 Å². The van der Waals surface area contributed by atoms with Gasteiger partial charge in [-0.15, -0.1) is 0 Å². The molecular weight excluding hydrogens is 226 g/mol. The molecule has 96 valence electrons. The van der Waals surface area contributed by atoms with Crippen molar-refractivity contribution in [3.05, 3.63) is 35.9 Å². The maximum absolute atomic E-state index is 10.3. The van der Waals surface area contributed by atoms with Crippen molar-refractivity contribution in [3.63, 3.8) is 0 Å². The third-order valence-electron chi connectivity index (χ3n) is 3.28. The van der Waals surface area contributed by atoms with Crippen LogP contribution in [0.5, 0.6) is 0 Å². The summed E-state index contributed by atoms with van der Waals surface area (Å²) in [5.74, 6) is -1.16. The van der Waals surface area contributed by atoms with Gasteiger partial charge in [0.1, 0.15) is 0 Å². The molecule has 18 heavy (non-hydrogen) atoms. The summed E-state index contributed by atoms with van der Waals surface area (Å²) < 4.78 is 0. The van der Waals surface area contributed by atoms with Crippen molar-refractivity contribution in [1.82, 2.24) is 0 Å². The van der Waals surface area contributed by atoms with Crippen molar-refractivity contribution >= 4 is 17.7 Å². The quantitative estimate of drug-likeness (QED) is 0.762. The van der Waals surface area contributed by atoms with Crippen LogP contribution in [0.2, 0.25) is 0 Å². The molecule has 2 rings (SSSR count). The van der Waals surface area contributed by atoms with Crippen LogP contribution >= 0.6 is 0 Å². The van der Waals surface area contributed by atoms with Crippen LogP contribution in [0.3, 0.4) is 0 Å². The molecule has 1 fully saturated rings. The summed E-state index contributed by atoms with van der Waals surface area (Å²) >= 11 is 0. The summed E-state index contributed by atoms with van der Waals surface area (Å²) in [6, 6.07) is 8.00. The van der Waals surface area contributed by atoms with E-state index < -0.39 is 5.97 Å². The van der Waals surface area contributed by atoms with E-state index >= 15 is 0 Å². The first-order valence-electron chi connectivity index (χ1n) is 6.50. The highest BCUT2D eigenvalue weighted by Crippen LogP contribution is 2.20. The molecule has 0 aromatic heterocycles. The topological polar surface area (TPSA) is 43.4 Å². The lowest BCUT2D eigenvalue weighted by Crippen LogP contribution is -2.23. The molecule has 1 aliphatic rings. The number of carbonyl (C=O) groups excluding carboxylic acids is 1. The van der Waals surface area contributed by atoms with Crippen LogP contribution in [-0.2, 0) is 4.79 Å². The van der Waals surface area contributed by atoms with Crippen LogP contribution in [0.15, 0.2) is 30.3 Å². The molecule has 1 saturated heterocycles. The van der Waals surface area contributed by atoms with Gasteiger partial charge in [-0.25, -0.2) is 0 Å². The second-order valence-corrected chi connectivity index (χ2v) is 4.65. The number of hydrogen-bond acceptors (Lipinski definition) is 3. The van der Waals surface area contributed by atoms with Gasteiger partial charge in [-0.1, -0.05) is 31.1 Å². The molecule has 0 aliphatic carbocycles. The monoisotopic (exact) mass is 244 g/mol. The minimum Gasteiger partial charge on any atom is -0.545 e. The summed E-state index contributed by atoms with van der Waals surface area (Å²) in [7, 11) is 0. The maximum Gasteiger partial charge on any atom is 0.0643 e. The zero-order valence-corrected chi connectivity index (χ0v) is 10.5. The van der Waals surface area contributed by atoms with Crippen LogP contribution < -0.4 is 10.0 Å². The number of benzene rings is 1. The first-order chi connectivity index (χ1) is 8.75. The maximum atomic E-state index is 10.3. The zero-order valence-electron chi connectivity index (χ0n) is 10.5. The number of hydrogen-bond donors (Lipinski definition) is 0. The second-order valence-electron chi connectivity index (χ2n) is 4.65. The van der Waals surface area contributed by atoms with Gasteiger partial charge in [0.15, 0.2) is 0 Å².